The van der Waals surface area contributed by atoms with E-state index in [0.29, 0.717) is 34.4 Å². The van der Waals surface area contributed by atoms with Gasteiger partial charge >= 0.3 is 0 Å². The fraction of sp³-hybridized carbons (Fsp3) is 0.391. The third-order valence-corrected chi connectivity index (χ3v) is 6.16. The molecule has 3 aromatic rings. The first-order valence-electron chi connectivity index (χ1n) is 10.3. The fourth-order valence-corrected chi connectivity index (χ4v) is 4.36. The number of fused-ring (bicyclic) bond motifs is 1. The normalized spacial score (nSPS) is 10.7. The number of hydrogen-bond donors (Lipinski definition) is 0. The summed E-state index contributed by atoms with van der Waals surface area (Å²) in [5.41, 5.74) is 0.687. The molecule has 32 heavy (non-hydrogen) atoms. The maximum Gasteiger partial charge on any atom is 0.266 e. The van der Waals surface area contributed by atoms with Crippen molar-refractivity contribution in [3.8, 4) is 17.2 Å². The molecule has 1 heterocycles. The number of carbonyl (C=O) groups excluding carboxylic acids is 1. The molecule has 0 bridgehead atoms. The third kappa shape index (κ3) is 6.03. The highest BCUT2D eigenvalue weighted by Gasteiger charge is 2.23. The van der Waals surface area contributed by atoms with Crippen LogP contribution in [0.15, 0.2) is 42.5 Å². The Morgan fingerprint density at radius 1 is 0.969 bits per heavy atom. The number of amides is 1. The molecule has 2 aromatic carbocycles. The van der Waals surface area contributed by atoms with Crippen LogP contribution in [0.1, 0.15) is 13.8 Å². The maximum absolute atomic E-state index is 13.2. The Labute approximate surface area is 199 Å². The fourth-order valence-electron chi connectivity index (χ4n) is 3.24. The van der Waals surface area contributed by atoms with E-state index in [9.17, 15) is 4.79 Å². The van der Waals surface area contributed by atoms with E-state index in [4.69, 9.17) is 19.2 Å². The molecule has 0 aliphatic rings. The summed E-state index contributed by atoms with van der Waals surface area (Å²) in [4.78, 5) is 21.9. The Hall–Kier alpha value is -2.55. The van der Waals surface area contributed by atoms with Crippen molar-refractivity contribution in [2.75, 3.05) is 51.9 Å². The van der Waals surface area contributed by atoms with Crippen LogP contribution >= 0.6 is 23.7 Å². The standard InChI is InChI=1S/C23H29N3O4S.ClH/c1-5-25(6-2)14-15-26(20(27)16-30-17-10-8-7-9-11-17)23-24-21-18(28-3)12-13-19(29-4)22(21)31-23;/h7-13H,5-6,14-16H2,1-4H3;1H. The molecule has 0 unspecified atom stereocenters. The van der Waals surface area contributed by atoms with E-state index in [1.54, 1.807) is 19.1 Å². The van der Waals surface area contributed by atoms with Crippen molar-refractivity contribution in [3.05, 3.63) is 42.5 Å². The second-order valence-electron chi connectivity index (χ2n) is 6.82. The molecule has 9 heteroatoms. The molecule has 0 saturated heterocycles. The SMILES string of the molecule is CCN(CC)CCN(C(=O)COc1ccccc1)c1nc2c(OC)ccc(OC)c2s1.Cl. The summed E-state index contributed by atoms with van der Waals surface area (Å²) in [7, 11) is 3.23. The average Bonchev–Trinajstić information content (AvgIpc) is 3.25. The number of benzene rings is 2. The third-order valence-electron chi connectivity index (χ3n) is 5.07. The summed E-state index contributed by atoms with van der Waals surface area (Å²) in [5, 5.41) is 0.603. The van der Waals surface area contributed by atoms with Crippen LogP contribution < -0.4 is 19.1 Å². The number of thiazole rings is 1. The molecule has 0 radical (unpaired) electrons. The summed E-state index contributed by atoms with van der Waals surface area (Å²) in [6.45, 7) is 7.26. The highest BCUT2D eigenvalue weighted by Crippen LogP contribution is 2.40. The first-order valence-corrected chi connectivity index (χ1v) is 11.1. The van der Waals surface area contributed by atoms with Gasteiger partial charge in [-0.25, -0.2) is 4.98 Å². The quantitative estimate of drug-likeness (QED) is 0.404. The van der Waals surface area contributed by atoms with Gasteiger partial charge in [-0.3, -0.25) is 9.69 Å². The number of anilines is 1. The van der Waals surface area contributed by atoms with Crippen molar-refractivity contribution < 1.29 is 19.0 Å². The molecular weight excluding hydrogens is 450 g/mol. The molecule has 0 atom stereocenters. The van der Waals surface area contributed by atoms with Crippen molar-refractivity contribution in [1.29, 1.82) is 0 Å². The zero-order valence-electron chi connectivity index (χ0n) is 18.9. The zero-order chi connectivity index (χ0) is 22.2. The smallest absolute Gasteiger partial charge is 0.266 e. The Balaban J connectivity index is 0.00000363. The Morgan fingerprint density at radius 3 is 2.25 bits per heavy atom. The van der Waals surface area contributed by atoms with Crippen LogP contribution in [0.5, 0.6) is 17.2 Å². The van der Waals surface area contributed by atoms with Crippen LogP contribution in [0.2, 0.25) is 0 Å². The molecule has 0 aliphatic carbocycles. The van der Waals surface area contributed by atoms with Crippen molar-refractivity contribution in [1.82, 2.24) is 9.88 Å². The second-order valence-corrected chi connectivity index (χ2v) is 7.80. The number of methoxy groups -OCH3 is 2. The van der Waals surface area contributed by atoms with Crippen molar-refractivity contribution in [3.63, 3.8) is 0 Å². The number of carbonyl (C=O) groups is 1. The number of halogens is 1. The van der Waals surface area contributed by atoms with E-state index in [1.165, 1.54) is 11.3 Å². The van der Waals surface area contributed by atoms with Gasteiger partial charge in [-0.1, -0.05) is 43.4 Å². The summed E-state index contributed by atoms with van der Waals surface area (Å²) < 4.78 is 17.5. The predicted molar refractivity (Wildman–Crippen MR) is 132 cm³/mol. The molecule has 1 aromatic heterocycles. The molecule has 0 fully saturated rings. The van der Waals surface area contributed by atoms with Gasteiger partial charge in [-0.2, -0.15) is 0 Å². The minimum absolute atomic E-state index is 0. The van der Waals surface area contributed by atoms with E-state index in [2.05, 4.69) is 18.7 Å². The average molecular weight is 480 g/mol. The van der Waals surface area contributed by atoms with Gasteiger partial charge in [0, 0.05) is 13.1 Å². The van der Waals surface area contributed by atoms with Crippen LogP contribution in [0.3, 0.4) is 0 Å². The van der Waals surface area contributed by atoms with Crippen molar-refractivity contribution in [2.24, 2.45) is 0 Å². The minimum Gasteiger partial charge on any atom is -0.495 e. The molecule has 0 spiro atoms. The van der Waals surface area contributed by atoms with Gasteiger partial charge in [0.2, 0.25) is 0 Å². The predicted octanol–water partition coefficient (Wildman–Crippen LogP) is 4.49. The maximum atomic E-state index is 13.2. The lowest BCUT2D eigenvalue weighted by molar-refractivity contribution is -0.120. The number of rotatable bonds is 11. The summed E-state index contributed by atoms with van der Waals surface area (Å²) in [5.74, 6) is 1.87. The van der Waals surface area contributed by atoms with Crippen LogP contribution in [0, 0.1) is 0 Å². The molecule has 0 N–H and O–H groups in total. The van der Waals surface area contributed by atoms with Gasteiger partial charge in [0.1, 0.15) is 27.5 Å². The molecule has 7 nitrogen and oxygen atoms in total. The number of likely N-dealkylation sites (N-methyl/N-ethyl adjacent to an activating group) is 1. The van der Waals surface area contributed by atoms with Gasteiger partial charge in [-0.15, -0.1) is 12.4 Å². The topological polar surface area (TPSA) is 64.1 Å². The van der Waals surface area contributed by atoms with Crippen LogP contribution in [-0.4, -0.2) is 62.8 Å². The highest BCUT2D eigenvalue weighted by molar-refractivity contribution is 7.22. The van der Waals surface area contributed by atoms with Gasteiger partial charge in [0.25, 0.3) is 5.91 Å². The Morgan fingerprint density at radius 2 is 1.62 bits per heavy atom. The highest BCUT2D eigenvalue weighted by atomic mass is 35.5. The Kier molecular flexibility index (Phi) is 10.0. The Bertz CT molecular complexity index is 955. The van der Waals surface area contributed by atoms with Crippen LogP contribution in [-0.2, 0) is 4.79 Å². The second kappa shape index (κ2) is 12.5. The molecule has 174 valence electrons. The summed E-state index contributed by atoms with van der Waals surface area (Å²) >= 11 is 1.42. The van der Waals surface area contributed by atoms with E-state index in [0.717, 1.165) is 24.3 Å². The van der Waals surface area contributed by atoms with Crippen molar-refractivity contribution in [2.45, 2.75) is 13.8 Å². The lowest BCUT2D eigenvalue weighted by Crippen LogP contribution is -2.41. The molecular formula is C23H30ClN3O4S. The van der Waals surface area contributed by atoms with Gasteiger partial charge < -0.3 is 19.1 Å². The van der Waals surface area contributed by atoms with Crippen LogP contribution in [0.25, 0.3) is 10.2 Å². The minimum atomic E-state index is -0.145. The molecule has 0 aliphatic heterocycles. The lowest BCUT2D eigenvalue weighted by atomic mass is 10.3. The zero-order valence-corrected chi connectivity index (χ0v) is 20.5. The number of nitrogens with zero attached hydrogens (tertiary/aromatic N) is 3. The molecule has 1 amide bonds. The van der Waals surface area contributed by atoms with Crippen LogP contribution in [0.4, 0.5) is 5.13 Å². The van der Waals surface area contributed by atoms with E-state index in [-0.39, 0.29) is 24.9 Å². The largest absolute Gasteiger partial charge is 0.495 e. The van der Waals surface area contributed by atoms with Gasteiger partial charge in [0.15, 0.2) is 11.7 Å². The lowest BCUT2D eigenvalue weighted by Gasteiger charge is -2.24. The monoisotopic (exact) mass is 479 g/mol. The van der Waals surface area contributed by atoms with E-state index in [1.807, 2.05) is 42.5 Å². The van der Waals surface area contributed by atoms with E-state index >= 15 is 0 Å². The van der Waals surface area contributed by atoms with Crippen molar-refractivity contribution >= 4 is 45.0 Å². The molecule has 3 rings (SSSR count). The number of aromatic nitrogens is 1. The summed E-state index contributed by atoms with van der Waals surface area (Å²) in [6.07, 6.45) is 0. The first kappa shape index (κ1) is 25.7. The number of ether oxygens (including phenoxy) is 3. The number of hydrogen-bond acceptors (Lipinski definition) is 7. The van der Waals surface area contributed by atoms with Gasteiger partial charge in [0.05, 0.1) is 14.2 Å². The molecule has 0 saturated carbocycles. The number of para-hydroxylation sites is 1. The summed E-state index contributed by atoms with van der Waals surface area (Å²) in [6, 6.07) is 13.0. The first-order chi connectivity index (χ1) is 15.1. The van der Waals surface area contributed by atoms with E-state index < -0.39 is 0 Å². The van der Waals surface area contributed by atoms with Gasteiger partial charge in [-0.05, 0) is 37.4 Å².